The first-order chi connectivity index (χ1) is 18.6. The van der Waals surface area contributed by atoms with Crippen molar-refractivity contribution >= 4 is 40.4 Å². The Morgan fingerprint density at radius 1 is 0.949 bits per heavy atom. The van der Waals surface area contributed by atoms with Crippen LogP contribution in [0.3, 0.4) is 0 Å². The van der Waals surface area contributed by atoms with E-state index in [1.54, 1.807) is 42.5 Å². The zero-order valence-corrected chi connectivity index (χ0v) is 22.6. The Morgan fingerprint density at radius 3 is 2.26 bits per heavy atom. The van der Waals surface area contributed by atoms with Gasteiger partial charge in [0.1, 0.15) is 23.8 Å². The summed E-state index contributed by atoms with van der Waals surface area (Å²) in [4.78, 5) is 49.0. The van der Waals surface area contributed by atoms with Gasteiger partial charge in [-0.3, -0.25) is 23.7 Å². The third-order valence-corrected chi connectivity index (χ3v) is 5.53. The summed E-state index contributed by atoms with van der Waals surface area (Å²) in [5, 5.41) is 0.747. The third kappa shape index (κ3) is 7.71. The number of para-hydroxylation sites is 1. The number of carbonyl (C=O) groups is 3. The highest BCUT2D eigenvalue weighted by Crippen LogP contribution is 2.34. The van der Waals surface area contributed by atoms with Gasteiger partial charge in [-0.1, -0.05) is 23.7 Å². The number of ether oxygens (including phenoxy) is 6. The molecular weight excluding hydrogens is 534 g/mol. The maximum Gasteiger partial charge on any atom is 0.308 e. The fourth-order valence-corrected chi connectivity index (χ4v) is 3.88. The maximum absolute atomic E-state index is 13.6. The molecule has 0 amide bonds. The largest absolute Gasteiger partial charge is 0.497 e. The Morgan fingerprint density at radius 2 is 1.64 bits per heavy atom. The van der Waals surface area contributed by atoms with E-state index in [1.165, 1.54) is 11.7 Å². The van der Waals surface area contributed by atoms with Crippen LogP contribution < -0.4 is 19.8 Å². The lowest BCUT2D eigenvalue weighted by Crippen LogP contribution is -2.31. The van der Waals surface area contributed by atoms with E-state index in [0.717, 1.165) is 20.8 Å². The van der Waals surface area contributed by atoms with Crippen LogP contribution in [0.4, 0.5) is 0 Å². The van der Waals surface area contributed by atoms with Crippen molar-refractivity contribution in [2.24, 2.45) is 0 Å². The fourth-order valence-electron chi connectivity index (χ4n) is 3.66. The summed E-state index contributed by atoms with van der Waals surface area (Å²) in [5.41, 5.74) is -0.692. The molecule has 0 atom stereocenters. The third-order valence-electron chi connectivity index (χ3n) is 5.24. The minimum absolute atomic E-state index is 0.184. The number of benzene rings is 2. The predicted octanol–water partition coefficient (Wildman–Crippen LogP) is 4.16. The van der Waals surface area contributed by atoms with E-state index in [-0.39, 0.29) is 24.7 Å². The molecule has 0 fully saturated rings. The summed E-state index contributed by atoms with van der Waals surface area (Å²) in [6.45, 7) is 3.63. The van der Waals surface area contributed by atoms with E-state index in [9.17, 15) is 19.2 Å². The molecule has 2 aromatic carbocycles. The molecule has 0 aliphatic carbocycles. The molecule has 0 saturated heterocycles. The summed E-state index contributed by atoms with van der Waals surface area (Å²) in [7, 11) is 1.54. The molecule has 3 rings (SSSR count). The highest BCUT2D eigenvalue weighted by Gasteiger charge is 2.30. The van der Waals surface area contributed by atoms with Gasteiger partial charge in [-0.15, -0.1) is 0 Å². The average molecular weight is 562 g/mol. The molecule has 12 heteroatoms. The smallest absolute Gasteiger partial charge is 0.308 e. The van der Waals surface area contributed by atoms with Gasteiger partial charge in [0.2, 0.25) is 0 Å². The summed E-state index contributed by atoms with van der Waals surface area (Å²) in [6.07, 6.45) is -1.28. The van der Waals surface area contributed by atoms with Crippen LogP contribution in [0, 0.1) is 0 Å². The number of aromatic nitrogens is 1. The lowest BCUT2D eigenvalue weighted by atomic mass is 10.1. The van der Waals surface area contributed by atoms with Gasteiger partial charge in [0.25, 0.3) is 11.8 Å². The number of nitrogens with zero attached hydrogens (tertiary/aromatic N) is 1. The van der Waals surface area contributed by atoms with E-state index >= 15 is 0 Å². The van der Waals surface area contributed by atoms with Crippen molar-refractivity contribution < 1.29 is 42.8 Å². The summed E-state index contributed by atoms with van der Waals surface area (Å²) >= 11 is 6.18. The Hall–Kier alpha value is -4.09. The van der Waals surface area contributed by atoms with Gasteiger partial charge in [0, 0.05) is 38.6 Å². The van der Waals surface area contributed by atoms with Crippen LogP contribution in [0.5, 0.6) is 17.2 Å². The lowest BCUT2D eigenvalue weighted by Gasteiger charge is -2.22. The highest BCUT2D eigenvalue weighted by atomic mass is 35.5. The van der Waals surface area contributed by atoms with Crippen LogP contribution in [0.2, 0.25) is 5.02 Å². The SMILES string of the molecule is COc1ccc(OCCCOCn2c(=O)c(C(OC(C)=O)OC(C)=O)c(OC(C)=O)c3ccccc32)c(Cl)c1. The predicted molar refractivity (Wildman–Crippen MR) is 140 cm³/mol. The standard InChI is InChI=1S/C27H28ClNO10/c1-16(30)37-25-20-8-5-6-9-22(20)29(26(33)24(25)27(38-17(2)31)39-18(3)32)15-35-12-7-13-36-23-11-10-19(34-4)14-21(23)28/h5-6,8-11,14,27H,7,12-13,15H2,1-4H3. The number of methoxy groups -OCH3 is 1. The van der Waals surface area contributed by atoms with Gasteiger partial charge in [-0.05, 0) is 24.3 Å². The number of rotatable bonds is 12. The highest BCUT2D eigenvalue weighted by molar-refractivity contribution is 6.32. The van der Waals surface area contributed by atoms with Gasteiger partial charge in [0.05, 0.1) is 30.9 Å². The van der Waals surface area contributed by atoms with Crippen LogP contribution >= 0.6 is 11.6 Å². The van der Waals surface area contributed by atoms with Crippen LogP contribution in [0.15, 0.2) is 47.3 Å². The summed E-state index contributed by atoms with van der Waals surface area (Å²) in [6, 6.07) is 11.7. The average Bonchev–Trinajstić information content (AvgIpc) is 2.87. The molecule has 0 aliphatic heterocycles. The van der Waals surface area contributed by atoms with Crippen LogP contribution in [0.1, 0.15) is 39.0 Å². The first kappa shape index (κ1) is 29.5. The molecule has 0 saturated carbocycles. The maximum atomic E-state index is 13.6. The first-order valence-electron chi connectivity index (χ1n) is 11.8. The second kappa shape index (κ2) is 13.6. The Bertz CT molecular complexity index is 1400. The van der Waals surface area contributed by atoms with Gasteiger partial charge >= 0.3 is 17.9 Å². The van der Waals surface area contributed by atoms with Gasteiger partial charge in [0.15, 0.2) is 5.75 Å². The van der Waals surface area contributed by atoms with Crippen molar-refractivity contribution in [3.63, 3.8) is 0 Å². The van der Waals surface area contributed by atoms with Crippen molar-refractivity contribution in [1.82, 2.24) is 4.57 Å². The van der Waals surface area contributed by atoms with E-state index < -0.39 is 29.8 Å². The van der Waals surface area contributed by atoms with Crippen molar-refractivity contribution in [3.8, 4) is 17.2 Å². The van der Waals surface area contributed by atoms with Crippen LogP contribution in [-0.2, 0) is 35.3 Å². The van der Waals surface area contributed by atoms with E-state index in [4.69, 9.17) is 40.0 Å². The molecule has 11 nitrogen and oxygen atoms in total. The number of carbonyl (C=O) groups excluding carboxylic acids is 3. The normalized spacial score (nSPS) is 10.8. The molecule has 1 aromatic heterocycles. The van der Waals surface area contributed by atoms with Crippen LogP contribution in [-0.4, -0.2) is 42.8 Å². The molecule has 1 heterocycles. The van der Waals surface area contributed by atoms with Crippen LogP contribution in [0.25, 0.3) is 10.9 Å². The zero-order chi connectivity index (χ0) is 28.5. The van der Waals surface area contributed by atoms with E-state index in [0.29, 0.717) is 40.5 Å². The molecule has 39 heavy (non-hydrogen) atoms. The second-order valence-corrected chi connectivity index (χ2v) is 8.58. The number of esters is 3. The minimum atomic E-state index is -1.75. The number of pyridine rings is 1. The molecule has 0 bridgehead atoms. The monoisotopic (exact) mass is 561 g/mol. The fraction of sp³-hybridized carbons (Fsp3) is 0.333. The second-order valence-electron chi connectivity index (χ2n) is 8.17. The zero-order valence-electron chi connectivity index (χ0n) is 21.9. The molecule has 0 unspecified atom stereocenters. The topological polar surface area (TPSA) is 129 Å². The van der Waals surface area contributed by atoms with Gasteiger partial charge in [-0.2, -0.15) is 0 Å². The number of hydrogen-bond acceptors (Lipinski definition) is 10. The number of fused-ring (bicyclic) bond motifs is 1. The Labute approximate surface area is 229 Å². The van der Waals surface area contributed by atoms with E-state index in [2.05, 4.69) is 0 Å². The molecule has 0 N–H and O–H groups in total. The molecule has 0 aliphatic rings. The van der Waals surface area contributed by atoms with Crippen molar-refractivity contribution in [1.29, 1.82) is 0 Å². The van der Waals surface area contributed by atoms with Crippen molar-refractivity contribution in [3.05, 3.63) is 63.4 Å². The molecule has 208 valence electrons. The van der Waals surface area contributed by atoms with Gasteiger partial charge in [-0.25, -0.2) is 0 Å². The Balaban J connectivity index is 1.85. The quantitative estimate of drug-likeness (QED) is 0.180. The van der Waals surface area contributed by atoms with Crippen molar-refractivity contribution in [2.45, 2.75) is 40.2 Å². The molecule has 0 radical (unpaired) electrons. The number of halogens is 1. The summed E-state index contributed by atoms with van der Waals surface area (Å²) in [5.74, 6) is -1.44. The van der Waals surface area contributed by atoms with Crippen molar-refractivity contribution in [2.75, 3.05) is 20.3 Å². The molecular formula is C27H28ClNO10. The minimum Gasteiger partial charge on any atom is -0.497 e. The number of hydrogen-bond donors (Lipinski definition) is 0. The first-order valence-corrected chi connectivity index (χ1v) is 12.2. The molecule has 3 aromatic rings. The van der Waals surface area contributed by atoms with E-state index in [1.807, 2.05) is 0 Å². The molecule has 0 spiro atoms. The summed E-state index contributed by atoms with van der Waals surface area (Å²) < 4.78 is 33.4. The lowest BCUT2D eigenvalue weighted by molar-refractivity contribution is -0.186. The van der Waals surface area contributed by atoms with Gasteiger partial charge < -0.3 is 28.4 Å². The Kier molecular flexibility index (Phi) is 10.3.